The van der Waals surface area contributed by atoms with Crippen molar-refractivity contribution in [3.05, 3.63) is 65.0 Å². The molecule has 0 fully saturated rings. The molecule has 0 spiro atoms. The Morgan fingerprint density at radius 2 is 1.67 bits per heavy atom. The van der Waals surface area contributed by atoms with Crippen LogP contribution in [0, 0.1) is 0 Å². The molecule has 36 heavy (non-hydrogen) atoms. The zero-order chi connectivity index (χ0) is 26.4. The average Bonchev–Trinajstić information content (AvgIpc) is 3.09. The van der Waals surface area contributed by atoms with E-state index >= 15 is 0 Å². The second kappa shape index (κ2) is 8.73. The third-order valence-corrected chi connectivity index (χ3v) is 5.62. The summed E-state index contributed by atoms with van der Waals surface area (Å²) in [7, 11) is 0. The molecular weight excluding hydrogens is 496 g/mol. The highest BCUT2D eigenvalue weighted by atomic mass is 19.4. The van der Waals surface area contributed by atoms with Gasteiger partial charge in [0.1, 0.15) is 5.75 Å². The molecule has 0 aliphatic rings. The Balaban J connectivity index is 2.02. The van der Waals surface area contributed by atoms with Crippen LogP contribution in [0.15, 0.2) is 42.7 Å². The van der Waals surface area contributed by atoms with Gasteiger partial charge < -0.3 is 20.1 Å². The van der Waals surface area contributed by atoms with Gasteiger partial charge in [0.2, 0.25) is 6.41 Å². The highest BCUT2D eigenvalue weighted by Gasteiger charge is 2.38. The first-order valence-electron chi connectivity index (χ1n) is 10.1. The van der Waals surface area contributed by atoms with Gasteiger partial charge in [-0.15, -0.1) is 0 Å². The van der Waals surface area contributed by atoms with Gasteiger partial charge in [0.05, 0.1) is 52.0 Å². The molecule has 4 aromatic rings. The van der Waals surface area contributed by atoms with Crippen LogP contribution in [0.1, 0.15) is 22.3 Å². The number of rotatable bonds is 6. The third kappa shape index (κ3) is 4.39. The van der Waals surface area contributed by atoms with Crippen LogP contribution in [0.25, 0.3) is 21.8 Å². The van der Waals surface area contributed by atoms with E-state index in [9.17, 15) is 46.1 Å². The van der Waals surface area contributed by atoms with E-state index in [1.165, 1.54) is 22.9 Å². The highest BCUT2D eigenvalue weighted by molar-refractivity contribution is 6.18. The third-order valence-electron chi connectivity index (χ3n) is 5.62. The van der Waals surface area contributed by atoms with Crippen molar-refractivity contribution in [2.75, 3.05) is 5.32 Å². The predicted octanol–water partition coefficient (Wildman–Crippen LogP) is 5.18. The van der Waals surface area contributed by atoms with Crippen LogP contribution < -0.4 is 5.32 Å². The van der Waals surface area contributed by atoms with Crippen molar-refractivity contribution < 1.29 is 46.1 Å². The number of carboxylic acid groups (broad SMARTS) is 1. The van der Waals surface area contributed by atoms with Crippen molar-refractivity contribution in [2.45, 2.75) is 25.3 Å². The number of amides is 1. The molecule has 13 heteroatoms. The van der Waals surface area contributed by atoms with Crippen molar-refractivity contribution in [1.82, 2.24) is 9.55 Å². The van der Waals surface area contributed by atoms with Gasteiger partial charge in [0, 0.05) is 11.9 Å². The van der Waals surface area contributed by atoms with Gasteiger partial charge in [-0.05, 0) is 29.3 Å². The molecule has 0 unspecified atom stereocenters. The molecule has 0 bridgehead atoms. The van der Waals surface area contributed by atoms with E-state index in [1.807, 2.05) is 0 Å². The lowest BCUT2D eigenvalue weighted by molar-refractivity contribution is -0.143. The maximum Gasteiger partial charge on any atom is 0.416 e. The summed E-state index contributed by atoms with van der Waals surface area (Å²) >= 11 is 0. The second-order valence-corrected chi connectivity index (χ2v) is 7.83. The molecule has 4 rings (SSSR count). The lowest BCUT2D eigenvalue weighted by atomic mass is 10.0. The Bertz CT molecular complexity index is 1510. The largest absolute Gasteiger partial charge is 0.506 e. The van der Waals surface area contributed by atoms with Gasteiger partial charge in [0.25, 0.3) is 0 Å². The maximum atomic E-state index is 13.7. The minimum Gasteiger partial charge on any atom is -0.506 e. The Morgan fingerprint density at radius 3 is 2.28 bits per heavy atom. The Kier molecular flexibility index (Phi) is 6.02. The molecule has 0 aliphatic carbocycles. The number of carbonyl (C=O) groups excluding carboxylic acids is 1. The number of anilines is 1. The molecular formula is C23H15F6N3O4. The molecule has 0 saturated heterocycles. The number of aliphatic carboxylic acids is 1. The number of carboxylic acids is 1. The van der Waals surface area contributed by atoms with Crippen molar-refractivity contribution in [3.63, 3.8) is 0 Å². The van der Waals surface area contributed by atoms with Crippen LogP contribution in [0.3, 0.4) is 0 Å². The van der Waals surface area contributed by atoms with Crippen molar-refractivity contribution in [1.29, 1.82) is 0 Å². The fourth-order valence-electron chi connectivity index (χ4n) is 4.17. The Morgan fingerprint density at radius 1 is 0.972 bits per heavy atom. The number of alkyl halides is 6. The first kappa shape index (κ1) is 24.8. The van der Waals surface area contributed by atoms with E-state index in [4.69, 9.17) is 0 Å². The standard InChI is InChI=1S/C23H15F6N3O4/c24-22(25,26)13-3-1-12(14(6-13)23(27,28)29)9-32-15-4-2-11(5-18(35)36)21(31-10-33)20(15)19-16(32)7-30-8-17(19)34/h1-4,6-8,10,34H,5,9H2,(H,31,33)(H,35,36). The number of nitrogens with one attached hydrogen (secondary N) is 1. The van der Waals surface area contributed by atoms with Crippen LogP contribution >= 0.6 is 0 Å². The molecule has 0 radical (unpaired) electrons. The van der Waals surface area contributed by atoms with E-state index in [0.29, 0.717) is 6.07 Å². The average molecular weight is 511 g/mol. The van der Waals surface area contributed by atoms with E-state index in [1.54, 1.807) is 0 Å². The number of aromatic nitrogens is 2. The highest BCUT2D eigenvalue weighted by Crippen LogP contribution is 2.42. The number of hydrogen-bond donors (Lipinski definition) is 3. The molecule has 0 aliphatic heterocycles. The van der Waals surface area contributed by atoms with Crippen LogP contribution in [0.4, 0.5) is 32.0 Å². The normalized spacial score (nSPS) is 12.3. The molecule has 2 aromatic heterocycles. The number of nitrogens with zero attached hydrogens (tertiary/aromatic N) is 2. The van der Waals surface area contributed by atoms with E-state index in [2.05, 4.69) is 10.3 Å². The van der Waals surface area contributed by atoms with E-state index in [-0.39, 0.29) is 45.5 Å². The minimum absolute atomic E-state index is 0.0126. The zero-order valence-electron chi connectivity index (χ0n) is 17.9. The van der Waals surface area contributed by atoms with Crippen LogP contribution in [0.5, 0.6) is 5.75 Å². The number of halogens is 6. The summed E-state index contributed by atoms with van der Waals surface area (Å²) in [4.78, 5) is 26.4. The number of pyridine rings is 1. The minimum atomic E-state index is -5.10. The topological polar surface area (TPSA) is 104 Å². The van der Waals surface area contributed by atoms with Gasteiger partial charge in [-0.1, -0.05) is 12.1 Å². The summed E-state index contributed by atoms with van der Waals surface area (Å²) in [5.74, 6) is -1.63. The second-order valence-electron chi connectivity index (χ2n) is 7.83. The fourth-order valence-corrected chi connectivity index (χ4v) is 4.17. The smallest absolute Gasteiger partial charge is 0.416 e. The van der Waals surface area contributed by atoms with Gasteiger partial charge in [-0.25, -0.2) is 0 Å². The predicted molar refractivity (Wildman–Crippen MR) is 115 cm³/mol. The van der Waals surface area contributed by atoms with Crippen LogP contribution in [-0.2, 0) is 34.9 Å². The van der Waals surface area contributed by atoms with Crippen molar-refractivity contribution in [3.8, 4) is 5.75 Å². The molecule has 0 saturated carbocycles. The van der Waals surface area contributed by atoms with Gasteiger partial charge in [-0.2, -0.15) is 26.3 Å². The monoisotopic (exact) mass is 511 g/mol. The molecule has 2 aromatic carbocycles. The summed E-state index contributed by atoms with van der Waals surface area (Å²) in [6.07, 6.45) is -8.04. The molecule has 2 heterocycles. The maximum absolute atomic E-state index is 13.7. The number of hydrogen-bond acceptors (Lipinski definition) is 4. The van der Waals surface area contributed by atoms with Crippen molar-refractivity contribution in [2.24, 2.45) is 0 Å². The molecule has 188 valence electrons. The molecule has 1 amide bonds. The summed E-state index contributed by atoms with van der Waals surface area (Å²) in [6.45, 7) is -0.572. The number of fused-ring (bicyclic) bond motifs is 3. The van der Waals surface area contributed by atoms with Crippen molar-refractivity contribution >= 4 is 39.9 Å². The summed E-state index contributed by atoms with van der Waals surface area (Å²) in [5.41, 5.74) is -2.98. The molecule has 7 nitrogen and oxygen atoms in total. The summed E-state index contributed by atoms with van der Waals surface area (Å²) in [5, 5.41) is 22.3. The Labute approximate surface area is 197 Å². The molecule has 0 atom stereocenters. The molecule has 3 N–H and O–H groups in total. The summed E-state index contributed by atoms with van der Waals surface area (Å²) < 4.78 is 81.8. The quantitative estimate of drug-likeness (QED) is 0.245. The van der Waals surface area contributed by atoms with E-state index in [0.717, 1.165) is 12.3 Å². The Hall–Kier alpha value is -4.29. The van der Waals surface area contributed by atoms with Crippen LogP contribution in [-0.4, -0.2) is 32.1 Å². The van der Waals surface area contributed by atoms with E-state index < -0.39 is 53.7 Å². The zero-order valence-corrected chi connectivity index (χ0v) is 17.9. The first-order chi connectivity index (χ1) is 16.8. The van der Waals surface area contributed by atoms with Gasteiger partial charge >= 0.3 is 18.3 Å². The van der Waals surface area contributed by atoms with Crippen LogP contribution in [0.2, 0.25) is 0 Å². The number of benzene rings is 2. The summed E-state index contributed by atoms with van der Waals surface area (Å²) in [6, 6.07) is 4.03. The lowest BCUT2D eigenvalue weighted by Crippen LogP contribution is -2.15. The number of aromatic hydroxyl groups is 1. The SMILES string of the molecule is O=CNc1c(CC(=O)O)ccc2c1c1c(O)cncc1n2Cc1ccc(C(F)(F)F)cc1C(F)(F)F. The fraction of sp³-hybridized carbons (Fsp3) is 0.174. The van der Waals surface area contributed by atoms with Gasteiger partial charge in [0.15, 0.2) is 0 Å². The first-order valence-corrected chi connectivity index (χ1v) is 10.1. The lowest BCUT2D eigenvalue weighted by Gasteiger charge is -2.17. The van der Waals surface area contributed by atoms with Gasteiger partial charge in [-0.3, -0.25) is 14.6 Å². The number of carbonyl (C=O) groups is 2.